The van der Waals surface area contributed by atoms with Crippen molar-refractivity contribution < 1.29 is 0 Å². The number of nitrogens with one attached hydrogen (secondary N) is 2. The Labute approximate surface area is 187 Å². The molecule has 0 radical (unpaired) electrons. The van der Waals surface area contributed by atoms with Gasteiger partial charge in [0.1, 0.15) is 5.01 Å². The highest BCUT2D eigenvalue weighted by Crippen LogP contribution is 2.20. The molecule has 0 spiro atoms. The molecule has 1 aliphatic heterocycles. The van der Waals surface area contributed by atoms with E-state index < -0.39 is 0 Å². The lowest BCUT2D eigenvalue weighted by Gasteiger charge is -2.32. The molecule has 1 saturated heterocycles. The van der Waals surface area contributed by atoms with Crippen LogP contribution >= 0.6 is 46.7 Å². The van der Waals surface area contributed by atoms with Crippen LogP contribution in [0, 0.1) is 12.8 Å². The summed E-state index contributed by atoms with van der Waals surface area (Å²) in [5.74, 6) is 1.63. The van der Waals surface area contributed by atoms with Gasteiger partial charge in [-0.25, -0.2) is 9.98 Å². The first kappa shape index (κ1) is 22.6. The highest BCUT2D eigenvalue weighted by Gasteiger charge is 2.19. The number of aliphatic imine (C=N–C) groups is 1. The largest absolute Gasteiger partial charge is 0.357 e. The number of nitrogens with zero attached hydrogens (tertiary/aromatic N) is 3. The molecule has 0 unspecified atom stereocenters. The van der Waals surface area contributed by atoms with Gasteiger partial charge in [-0.15, -0.1) is 46.7 Å². The van der Waals surface area contributed by atoms with Gasteiger partial charge in [0, 0.05) is 35.6 Å². The first-order chi connectivity index (χ1) is 12.7. The molecule has 0 saturated carbocycles. The van der Waals surface area contributed by atoms with Crippen LogP contribution in [0.3, 0.4) is 0 Å². The molecule has 0 amide bonds. The van der Waals surface area contributed by atoms with Crippen LogP contribution < -0.4 is 10.6 Å². The number of aromatic nitrogens is 1. The lowest BCUT2D eigenvalue weighted by Crippen LogP contribution is -2.42. The lowest BCUT2D eigenvalue weighted by molar-refractivity contribution is 0.179. The van der Waals surface area contributed by atoms with Crippen molar-refractivity contribution in [1.29, 1.82) is 0 Å². The molecular formula is C19H30IN5S2. The van der Waals surface area contributed by atoms with Gasteiger partial charge in [-0.3, -0.25) is 4.90 Å². The fourth-order valence-electron chi connectivity index (χ4n) is 3.18. The normalized spacial score (nSPS) is 16.1. The van der Waals surface area contributed by atoms with Gasteiger partial charge in [-0.1, -0.05) is 6.07 Å². The average molecular weight is 520 g/mol. The maximum atomic E-state index is 4.68. The molecule has 3 rings (SSSR count). The van der Waals surface area contributed by atoms with E-state index in [1.807, 2.05) is 17.5 Å². The summed E-state index contributed by atoms with van der Waals surface area (Å²) >= 11 is 3.58. The quantitative estimate of drug-likeness (QED) is 0.329. The molecule has 0 aromatic carbocycles. The summed E-state index contributed by atoms with van der Waals surface area (Å²) in [4.78, 5) is 14.4. The smallest absolute Gasteiger partial charge is 0.191 e. The van der Waals surface area contributed by atoms with Crippen LogP contribution in [0.4, 0.5) is 0 Å². The van der Waals surface area contributed by atoms with Crippen molar-refractivity contribution in [2.75, 3.05) is 26.2 Å². The number of guanidine groups is 1. The lowest BCUT2D eigenvalue weighted by atomic mass is 9.97. The van der Waals surface area contributed by atoms with Gasteiger partial charge in [-0.05, 0) is 57.1 Å². The number of halogens is 1. The van der Waals surface area contributed by atoms with Crippen LogP contribution in [0.2, 0.25) is 0 Å². The van der Waals surface area contributed by atoms with Crippen LogP contribution in [0.15, 0.2) is 28.7 Å². The Bertz CT molecular complexity index is 678. The Kier molecular flexibility index (Phi) is 10.0. The molecule has 2 N–H and O–H groups in total. The molecule has 2 aromatic heterocycles. The number of piperidine rings is 1. The minimum Gasteiger partial charge on any atom is -0.357 e. The highest BCUT2D eigenvalue weighted by molar-refractivity contribution is 14.0. The predicted molar refractivity (Wildman–Crippen MR) is 127 cm³/mol. The second kappa shape index (κ2) is 12.0. The molecule has 1 fully saturated rings. The van der Waals surface area contributed by atoms with Crippen LogP contribution in [0.25, 0.3) is 0 Å². The second-order valence-electron chi connectivity index (χ2n) is 6.74. The summed E-state index contributed by atoms with van der Waals surface area (Å²) < 4.78 is 0. The molecule has 5 nitrogen and oxygen atoms in total. The SMILES string of the molecule is CCNC(=NCc1ncc(C)s1)NCC1CCN(Cc2cccs2)CC1.I. The van der Waals surface area contributed by atoms with Gasteiger partial charge in [0.2, 0.25) is 0 Å². The van der Waals surface area contributed by atoms with Crippen molar-refractivity contribution in [2.45, 2.75) is 39.8 Å². The topological polar surface area (TPSA) is 52.6 Å². The molecule has 0 aliphatic carbocycles. The van der Waals surface area contributed by atoms with Gasteiger partial charge in [0.25, 0.3) is 0 Å². The Hall–Kier alpha value is -0.710. The van der Waals surface area contributed by atoms with E-state index in [2.05, 4.69) is 56.9 Å². The zero-order valence-electron chi connectivity index (χ0n) is 16.1. The Balaban J connectivity index is 0.00000261. The maximum Gasteiger partial charge on any atom is 0.191 e. The van der Waals surface area contributed by atoms with Gasteiger partial charge in [0.05, 0.1) is 6.54 Å². The van der Waals surface area contributed by atoms with Crippen molar-refractivity contribution in [1.82, 2.24) is 20.5 Å². The van der Waals surface area contributed by atoms with Crippen molar-refractivity contribution in [3.8, 4) is 0 Å². The first-order valence-electron chi connectivity index (χ1n) is 9.41. The van der Waals surface area contributed by atoms with Gasteiger partial charge < -0.3 is 10.6 Å². The Morgan fingerprint density at radius 1 is 1.33 bits per heavy atom. The molecule has 2 aromatic rings. The second-order valence-corrected chi connectivity index (χ2v) is 9.09. The van der Waals surface area contributed by atoms with Crippen molar-refractivity contribution in [3.05, 3.63) is 38.5 Å². The minimum atomic E-state index is 0. The van der Waals surface area contributed by atoms with Crippen LogP contribution in [0.5, 0.6) is 0 Å². The summed E-state index contributed by atoms with van der Waals surface area (Å²) in [7, 11) is 0. The average Bonchev–Trinajstić information content (AvgIpc) is 3.30. The number of thiazole rings is 1. The van der Waals surface area contributed by atoms with Crippen molar-refractivity contribution in [2.24, 2.45) is 10.9 Å². The van der Waals surface area contributed by atoms with E-state index in [4.69, 9.17) is 0 Å². The first-order valence-corrected chi connectivity index (χ1v) is 11.1. The number of hydrogen-bond donors (Lipinski definition) is 2. The molecule has 3 heterocycles. The molecular weight excluding hydrogens is 489 g/mol. The fourth-order valence-corrected chi connectivity index (χ4v) is 4.63. The summed E-state index contributed by atoms with van der Waals surface area (Å²) in [6, 6.07) is 4.38. The molecule has 8 heteroatoms. The van der Waals surface area contributed by atoms with E-state index in [0.717, 1.165) is 36.5 Å². The highest BCUT2D eigenvalue weighted by atomic mass is 127. The predicted octanol–water partition coefficient (Wildman–Crippen LogP) is 4.10. The van der Waals surface area contributed by atoms with Gasteiger partial charge in [-0.2, -0.15) is 0 Å². The third-order valence-corrected chi connectivity index (χ3v) is 6.37. The van der Waals surface area contributed by atoms with E-state index in [0.29, 0.717) is 6.54 Å². The molecule has 0 atom stereocenters. The number of aryl methyl sites for hydroxylation is 1. The third-order valence-electron chi connectivity index (χ3n) is 4.61. The van der Waals surface area contributed by atoms with E-state index in [1.54, 1.807) is 11.3 Å². The molecule has 0 bridgehead atoms. The summed E-state index contributed by atoms with van der Waals surface area (Å²) in [6.07, 6.45) is 4.42. The molecule has 1 aliphatic rings. The van der Waals surface area contributed by atoms with E-state index in [-0.39, 0.29) is 24.0 Å². The molecule has 27 heavy (non-hydrogen) atoms. The van der Waals surface area contributed by atoms with Crippen molar-refractivity contribution >= 4 is 52.6 Å². The van der Waals surface area contributed by atoms with E-state index in [9.17, 15) is 0 Å². The third kappa shape index (κ3) is 7.67. The number of likely N-dealkylation sites (tertiary alicyclic amines) is 1. The summed E-state index contributed by atoms with van der Waals surface area (Å²) in [5.41, 5.74) is 0. The maximum absolute atomic E-state index is 4.68. The summed E-state index contributed by atoms with van der Waals surface area (Å²) in [5, 5.41) is 10.1. The van der Waals surface area contributed by atoms with E-state index >= 15 is 0 Å². The zero-order valence-corrected chi connectivity index (χ0v) is 20.1. The molecule has 150 valence electrons. The van der Waals surface area contributed by atoms with Gasteiger partial charge in [0.15, 0.2) is 5.96 Å². The fraction of sp³-hybridized carbons (Fsp3) is 0.579. The van der Waals surface area contributed by atoms with Gasteiger partial charge >= 0.3 is 0 Å². The monoisotopic (exact) mass is 519 g/mol. The standard InChI is InChI=1S/C19H29N5S2.HI/c1-3-20-19(23-13-18-21-11-15(2)26-18)22-12-16-6-8-24(9-7-16)14-17-5-4-10-25-17;/h4-5,10-11,16H,3,6-9,12-14H2,1-2H3,(H2,20,22,23);1H. The number of hydrogen-bond acceptors (Lipinski definition) is 5. The zero-order chi connectivity index (χ0) is 18.2. The number of thiophene rings is 1. The Morgan fingerprint density at radius 2 is 2.15 bits per heavy atom. The van der Waals surface area contributed by atoms with Crippen molar-refractivity contribution in [3.63, 3.8) is 0 Å². The number of rotatable bonds is 7. The van der Waals surface area contributed by atoms with Crippen LogP contribution in [-0.2, 0) is 13.1 Å². The Morgan fingerprint density at radius 3 is 2.78 bits per heavy atom. The van der Waals surface area contributed by atoms with Crippen LogP contribution in [0.1, 0.15) is 34.5 Å². The van der Waals surface area contributed by atoms with E-state index in [1.165, 1.54) is 35.7 Å². The summed E-state index contributed by atoms with van der Waals surface area (Å²) in [6.45, 7) is 10.2. The minimum absolute atomic E-state index is 0. The van der Waals surface area contributed by atoms with Crippen LogP contribution in [-0.4, -0.2) is 42.0 Å².